The SMILES string of the molecule is Cn1ccnc1CNc1nccc(C(N)=S)n1. The van der Waals surface area contributed by atoms with Gasteiger partial charge in [-0.25, -0.2) is 15.0 Å². The summed E-state index contributed by atoms with van der Waals surface area (Å²) in [6.45, 7) is 0.546. The summed E-state index contributed by atoms with van der Waals surface area (Å²) in [6, 6.07) is 1.67. The third-order valence-electron chi connectivity index (χ3n) is 2.23. The van der Waals surface area contributed by atoms with E-state index in [1.54, 1.807) is 18.5 Å². The summed E-state index contributed by atoms with van der Waals surface area (Å²) in [7, 11) is 1.93. The highest BCUT2D eigenvalue weighted by atomic mass is 32.1. The van der Waals surface area contributed by atoms with Crippen molar-refractivity contribution in [1.82, 2.24) is 19.5 Å². The molecule has 3 N–H and O–H groups in total. The van der Waals surface area contributed by atoms with E-state index in [9.17, 15) is 0 Å². The first kappa shape index (κ1) is 11.5. The van der Waals surface area contributed by atoms with Crippen molar-refractivity contribution >= 4 is 23.2 Å². The smallest absolute Gasteiger partial charge is 0.223 e. The largest absolute Gasteiger partial charge is 0.388 e. The van der Waals surface area contributed by atoms with Gasteiger partial charge in [0.15, 0.2) is 0 Å². The van der Waals surface area contributed by atoms with Gasteiger partial charge in [-0.2, -0.15) is 0 Å². The van der Waals surface area contributed by atoms with Crippen LogP contribution in [0, 0.1) is 0 Å². The Balaban J connectivity index is 2.07. The minimum atomic E-state index is 0.257. The van der Waals surface area contributed by atoms with Gasteiger partial charge in [0.2, 0.25) is 5.95 Å². The molecule has 2 rings (SSSR count). The van der Waals surface area contributed by atoms with Crippen LogP contribution in [-0.2, 0) is 13.6 Å². The molecule has 0 radical (unpaired) electrons. The standard InChI is InChI=1S/C10H12N6S/c1-16-5-4-12-8(16)6-14-10-13-3-2-7(15-10)9(11)17/h2-5H,6H2,1H3,(H2,11,17)(H,13,14,15). The van der Waals surface area contributed by atoms with E-state index in [0.717, 1.165) is 5.82 Å². The topological polar surface area (TPSA) is 81.7 Å². The molecule has 0 bridgehead atoms. The second-order valence-electron chi connectivity index (χ2n) is 3.44. The molecule has 0 aliphatic heterocycles. The fraction of sp³-hybridized carbons (Fsp3) is 0.200. The lowest BCUT2D eigenvalue weighted by molar-refractivity contribution is 0.807. The average molecular weight is 248 g/mol. The van der Waals surface area contributed by atoms with Crippen LogP contribution in [0.15, 0.2) is 24.7 Å². The van der Waals surface area contributed by atoms with Crippen LogP contribution in [0.5, 0.6) is 0 Å². The number of anilines is 1. The molecule has 2 aromatic heterocycles. The van der Waals surface area contributed by atoms with Crippen LogP contribution in [0.2, 0.25) is 0 Å². The molecule has 0 saturated carbocycles. The molecule has 0 unspecified atom stereocenters. The van der Waals surface area contributed by atoms with Gasteiger partial charge in [-0.1, -0.05) is 12.2 Å². The predicted molar refractivity (Wildman–Crippen MR) is 68.5 cm³/mol. The van der Waals surface area contributed by atoms with Crippen molar-refractivity contribution in [3.8, 4) is 0 Å². The van der Waals surface area contributed by atoms with E-state index in [1.165, 1.54) is 0 Å². The first-order chi connectivity index (χ1) is 8.16. The molecular weight excluding hydrogens is 236 g/mol. The van der Waals surface area contributed by atoms with E-state index >= 15 is 0 Å². The molecule has 0 aromatic carbocycles. The van der Waals surface area contributed by atoms with Gasteiger partial charge < -0.3 is 15.6 Å². The van der Waals surface area contributed by atoms with Gasteiger partial charge in [-0.3, -0.25) is 0 Å². The second kappa shape index (κ2) is 4.88. The van der Waals surface area contributed by atoms with Crippen molar-refractivity contribution in [3.63, 3.8) is 0 Å². The van der Waals surface area contributed by atoms with Crippen molar-refractivity contribution < 1.29 is 0 Å². The number of hydrogen-bond acceptors (Lipinski definition) is 5. The van der Waals surface area contributed by atoms with Gasteiger partial charge in [0.1, 0.15) is 16.5 Å². The Labute approximate surface area is 104 Å². The van der Waals surface area contributed by atoms with E-state index in [4.69, 9.17) is 18.0 Å². The molecule has 2 heterocycles. The predicted octanol–water partition coefficient (Wildman–Crippen LogP) is 0.456. The molecule has 0 fully saturated rings. The maximum Gasteiger partial charge on any atom is 0.223 e. The lowest BCUT2D eigenvalue weighted by Gasteiger charge is -2.05. The molecule has 2 aromatic rings. The third-order valence-corrected chi connectivity index (χ3v) is 2.44. The van der Waals surface area contributed by atoms with E-state index in [-0.39, 0.29) is 4.99 Å². The van der Waals surface area contributed by atoms with E-state index in [1.807, 2.05) is 17.8 Å². The normalized spacial score (nSPS) is 10.2. The number of nitrogens with two attached hydrogens (primary N) is 1. The highest BCUT2D eigenvalue weighted by Gasteiger charge is 2.03. The Morgan fingerprint density at radius 2 is 2.29 bits per heavy atom. The summed E-state index contributed by atoms with van der Waals surface area (Å²) >= 11 is 4.85. The van der Waals surface area contributed by atoms with Crippen LogP contribution in [0.3, 0.4) is 0 Å². The maximum absolute atomic E-state index is 5.49. The second-order valence-corrected chi connectivity index (χ2v) is 3.88. The van der Waals surface area contributed by atoms with Gasteiger partial charge in [0.25, 0.3) is 0 Å². The lowest BCUT2D eigenvalue weighted by atomic mass is 10.4. The Morgan fingerprint density at radius 1 is 1.47 bits per heavy atom. The van der Waals surface area contributed by atoms with E-state index in [0.29, 0.717) is 18.2 Å². The van der Waals surface area contributed by atoms with E-state index in [2.05, 4.69) is 20.3 Å². The number of rotatable bonds is 4. The Morgan fingerprint density at radius 3 is 2.94 bits per heavy atom. The van der Waals surface area contributed by atoms with Crippen LogP contribution in [0.4, 0.5) is 5.95 Å². The third kappa shape index (κ3) is 2.76. The fourth-order valence-electron chi connectivity index (χ4n) is 1.31. The number of aromatic nitrogens is 4. The zero-order chi connectivity index (χ0) is 12.3. The number of aryl methyl sites for hydroxylation is 1. The summed E-state index contributed by atoms with van der Waals surface area (Å²) in [4.78, 5) is 12.7. The molecule has 0 atom stereocenters. The number of nitrogens with zero attached hydrogens (tertiary/aromatic N) is 4. The lowest BCUT2D eigenvalue weighted by Crippen LogP contribution is -2.14. The summed E-state index contributed by atoms with van der Waals surface area (Å²) in [6.07, 6.45) is 5.23. The van der Waals surface area contributed by atoms with Crippen molar-refractivity contribution in [2.45, 2.75) is 6.54 Å². The summed E-state index contributed by atoms with van der Waals surface area (Å²) < 4.78 is 1.92. The minimum Gasteiger partial charge on any atom is -0.388 e. The summed E-state index contributed by atoms with van der Waals surface area (Å²) in [5.41, 5.74) is 6.05. The highest BCUT2D eigenvalue weighted by Crippen LogP contribution is 2.03. The van der Waals surface area contributed by atoms with Crippen molar-refractivity contribution in [2.24, 2.45) is 12.8 Å². The molecule has 6 nitrogen and oxygen atoms in total. The maximum atomic E-state index is 5.49. The molecule has 0 aliphatic carbocycles. The number of imidazole rings is 1. The fourth-order valence-corrected chi connectivity index (χ4v) is 1.42. The highest BCUT2D eigenvalue weighted by molar-refractivity contribution is 7.80. The molecule has 0 spiro atoms. The molecule has 0 aliphatic rings. The van der Waals surface area contributed by atoms with Gasteiger partial charge in [-0.05, 0) is 6.07 Å². The average Bonchev–Trinajstić information content (AvgIpc) is 2.72. The van der Waals surface area contributed by atoms with Gasteiger partial charge >= 0.3 is 0 Å². The Hall–Kier alpha value is -2.02. The molecule has 17 heavy (non-hydrogen) atoms. The Kier molecular flexibility index (Phi) is 3.29. The zero-order valence-electron chi connectivity index (χ0n) is 9.29. The summed E-state index contributed by atoms with van der Waals surface area (Å²) in [5.74, 6) is 1.38. The zero-order valence-corrected chi connectivity index (χ0v) is 10.1. The number of nitrogens with one attached hydrogen (secondary N) is 1. The van der Waals surface area contributed by atoms with E-state index < -0.39 is 0 Å². The molecule has 7 heteroatoms. The molecule has 0 amide bonds. The van der Waals surface area contributed by atoms with Crippen molar-refractivity contribution in [1.29, 1.82) is 0 Å². The summed E-state index contributed by atoms with van der Waals surface area (Å²) in [5, 5.41) is 3.06. The minimum absolute atomic E-state index is 0.257. The Bertz CT molecular complexity index is 535. The van der Waals surface area contributed by atoms with Crippen molar-refractivity contribution in [3.05, 3.63) is 36.2 Å². The van der Waals surface area contributed by atoms with Crippen LogP contribution in [0.1, 0.15) is 11.5 Å². The van der Waals surface area contributed by atoms with Crippen molar-refractivity contribution in [2.75, 3.05) is 5.32 Å². The first-order valence-corrected chi connectivity index (χ1v) is 5.40. The van der Waals surface area contributed by atoms with Gasteiger partial charge in [0, 0.05) is 25.6 Å². The van der Waals surface area contributed by atoms with Gasteiger partial charge in [0.05, 0.1) is 6.54 Å². The number of thiocarbonyl (C=S) groups is 1. The van der Waals surface area contributed by atoms with Crippen LogP contribution in [-0.4, -0.2) is 24.5 Å². The number of hydrogen-bond donors (Lipinski definition) is 2. The molecule has 0 saturated heterocycles. The molecule has 88 valence electrons. The monoisotopic (exact) mass is 248 g/mol. The van der Waals surface area contributed by atoms with Crippen LogP contribution < -0.4 is 11.1 Å². The first-order valence-electron chi connectivity index (χ1n) is 5.00. The van der Waals surface area contributed by atoms with Crippen LogP contribution in [0.25, 0.3) is 0 Å². The van der Waals surface area contributed by atoms with Gasteiger partial charge in [-0.15, -0.1) is 0 Å². The molecular formula is C10H12N6S. The quantitative estimate of drug-likeness (QED) is 0.765. The van der Waals surface area contributed by atoms with Crippen LogP contribution >= 0.6 is 12.2 Å².